The van der Waals surface area contributed by atoms with Crippen molar-refractivity contribution in [1.29, 1.82) is 0 Å². The normalized spacial score (nSPS) is 55.4. The van der Waals surface area contributed by atoms with E-state index in [0.717, 1.165) is 0 Å². The summed E-state index contributed by atoms with van der Waals surface area (Å²) in [6.07, 6.45) is -58.5. The molecule has 66 heavy (non-hydrogen) atoms. The Hall–Kier alpha value is -1.20. The Morgan fingerprint density at radius 1 is 0.182 bits per heavy atom. The predicted molar refractivity (Wildman–Crippen MR) is 196 cm³/mol. The van der Waals surface area contributed by atoms with Gasteiger partial charge in [-0.3, -0.25) is 0 Å². The summed E-state index contributed by atoms with van der Waals surface area (Å²) >= 11 is 0. The molecule has 10 unspecified atom stereocenters. The zero-order valence-corrected chi connectivity index (χ0v) is 34.5. The van der Waals surface area contributed by atoms with E-state index in [9.17, 15) is 91.9 Å². The van der Waals surface area contributed by atoms with Gasteiger partial charge in [0.15, 0.2) is 37.7 Å². The van der Waals surface area contributed by atoms with E-state index >= 15 is 0 Å². The molecule has 0 aromatic heterocycles. The quantitative estimate of drug-likeness (QED) is 0.117. The SMILES string of the molecule is OC[C@H]1OC2O[C@H]3[C@H](O)[C@@H](O)C(OC4[C@@H](CO)OC(OC5[C@@H](CO)OC(O[C@H]6[C@H](O)[C@@H](O)C(O[C@H]7[C@H](O)C(O)C(OC1[C@H](O)[C@H]2O)O[C@@H]7CO)O[C@@H]6CO)[C@H](O)[C@H]5O)[C@H](O)[C@H]4O)O[C@@H]3CO. The summed E-state index contributed by atoms with van der Waals surface area (Å²) in [6, 6.07) is 0. The summed E-state index contributed by atoms with van der Waals surface area (Å²) in [7, 11) is 0. The molecule has 22 aliphatic heterocycles. The average molecular weight is 973 g/mol. The van der Waals surface area contributed by atoms with Gasteiger partial charge in [-0.15, -0.1) is 0 Å². The highest BCUT2D eigenvalue weighted by Gasteiger charge is 2.58. The second-order valence-corrected chi connectivity index (χ2v) is 16.8. The van der Waals surface area contributed by atoms with Gasteiger partial charge in [-0.25, -0.2) is 0 Å². The standard InChI is InChI=1S/C36H60O30/c37-1-7-25-13(43)19(49)31(55-7)62-26-8(2-38)57-33(21(51)15(26)45)64-28-10(4-40)59-35(23(53)17(28)47)66-30-12(6-42)60-36(24(54)18(30)48)65-29-11(5-41)58-34(22(52)16(29)46)63-27-9(3-39)56-32(61-25)20(50)14(27)44/h7-54H,1-6H2/t7-,8-,9-,10-,11-,12-,13-,14-,15-,16-,17-,18-,19-,20-,21-,22-,23-,24?,25?,26?,27-,28-,29?,30-,31?,32?,33?,34?,35?,36?/m1/s1. The van der Waals surface area contributed by atoms with Crippen molar-refractivity contribution in [3.8, 4) is 0 Å². The number of hydrogen-bond donors (Lipinski definition) is 18. The van der Waals surface area contributed by atoms with Crippen LogP contribution in [0.5, 0.6) is 0 Å². The lowest BCUT2D eigenvalue weighted by Gasteiger charge is -2.50. The Labute approximate surface area is 372 Å². The third-order valence-corrected chi connectivity index (χ3v) is 12.7. The molecule has 0 saturated carbocycles. The van der Waals surface area contributed by atoms with Crippen molar-refractivity contribution < 1.29 is 149 Å². The molecule has 384 valence electrons. The Kier molecular flexibility index (Phi) is 17.6. The van der Waals surface area contributed by atoms with Gasteiger partial charge in [-0.2, -0.15) is 0 Å². The molecule has 22 fully saturated rings. The first-order chi connectivity index (χ1) is 31.4. The smallest absolute Gasteiger partial charge is 0.187 e. The zero-order valence-electron chi connectivity index (χ0n) is 34.5. The first kappa shape index (κ1) is 52.6. The minimum atomic E-state index is -2.15. The molecule has 0 aromatic carbocycles. The summed E-state index contributed by atoms with van der Waals surface area (Å²) in [5.41, 5.74) is 0. The zero-order chi connectivity index (χ0) is 48.0. The van der Waals surface area contributed by atoms with E-state index in [0.29, 0.717) is 0 Å². The van der Waals surface area contributed by atoms with Crippen molar-refractivity contribution in [2.45, 2.75) is 184 Å². The lowest BCUT2D eigenvalue weighted by molar-refractivity contribution is -0.404. The average Bonchev–Trinajstić information content (AvgIpc) is 3.31. The molecular formula is C36H60O30. The van der Waals surface area contributed by atoms with E-state index < -0.39 is 224 Å². The summed E-state index contributed by atoms with van der Waals surface area (Å²) in [6.45, 7) is -5.99. The van der Waals surface area contributed by atoms with Crippen molar-refractivity contribution in [2.24, 2.45) is 0 Å². The Bertz CT molecular complexity index is 1230. The maximum absolute atomic E-state index is 11.2. The molecule has 22 heterocycles. The molecule has 30 heteroatoms. The van der Waals surface area contributed by atoms with E-state index in [2.05, 4.69) is 0 Å². The van der Waals surface area contributed by atoms with Crippen LogP contribution in [-0.4, -0.2) is 316 Å². The maximum Gasteiger partial charge on any atom is 0.187 e. The fourth-order valence-electron chi connectivity index (χ4n) is 8.93. The van der Waals surface area contributed by atoms with Gasteiger partial charge in [0.1, 0.15) is 146 Å². The van der Waals surface area contributed by atoms with Gasteiger partial charge in [-0.05, 0) is 0 Å². The van der Waals surface area contributed by atoms with Crippen molar-refractivity contribution in [1.82, 2.24) is 0 Å². The first-order valence-electron chi connectivity index (χ1n) is 21.1. The molecule has 0 radical (unpaired) electrons. The summed E-state index contributed by atoms with van der Waals surface area (Å²) in [5.74, 6) is 0. The van der Waals surface area contributed by atoms with Crippen LogP contribution >= 0.6 is 0 Å². The number of hydrogen-bond acceptors (Lipinski definition) is 30. The van der Waals surface area contributed by atoms with Gasteiger partial charge in [0.25, 0.3) is 0 Å². The van der Waals surface area contributed by atoms with Crippen molar-refractivity contribution in [3.05, 3.63) is 0 Å². The summed E-state index contributed by atoms with van der Waals surface area (Å²) < 4.78 is 67.9. The summed E-state index contributed by atoms with van der Waals surface area (Å²) in [4.78, 5) is 0. The molecule has 22 aliphatic rings. The minimum Gasteiger partial charge on any atom is -0.394 e. The Balaban J connectivity index is 1.19. The van der Waals surface area contributed by atoms with Crippen molar-refractivity contribution >= 4 is 0 Å². The molecular weight excluding hydrogens is 912 g/mol. The Morgan fingerprint density at radius 2 is 0.303 bits per heavy atom. The van der Waals surface area contributed by atoms with Crippen LogP contribution < -0.4 is 0 Å². The highest BCUT2D eigenvalue weighted by Crippen LogP contribution is 2.38. The van der Waals surface area contributed by atoms with Crippen molar-refractivity contribution in [3.63, 3.8) is 0 Å². The molecule has 12 bridgehead atoms. The Morgan fingerprint density at radius 3 is 0.409 bits per heavy atom. The van der Waals surface area contributed by atoms with Crippen LogP contribution in [0.2, 0.25) is 0 Å². The highest BCUT2D eigenvalue weighted by atomic mass is 16.8. The van der Waals surface area contributed by atoms with E-state index in [1.807, 2.05) is 0 Å². The van der Waals surface area contributed by atoms with E-state index in [-0.39, 0.29) is 0 Å². The third-order valence-electron chi connectivity index (χ3n) is 12.7. The van der Waals surface area contributed by atoms with E-state index in [1.54, 1.807) is 0 Å². The predicted octanol–water partition coefficient (Wildman–Crippen LogP) is -13.1. The molecule has 18 N–H and O–H groups in total. The molecule has 0 spiro atoms. The van der Waals surface area contributed by atoms with Gasteiger partial charge < -0.3 is 149 Å². The van der Waals surface area contributed by atoms with Crippen LogP contribution in [-0.2, 0) is 56.8 Å². The maximum atomic E-state index is 11.2. The molecule has 0 aromatic rings. The number of aliphatic hydroxyl groups excluding tert-OH is 18. The van der Waals surface area contributed by atoms with Gasteiger partial charge in [0.05, 0.1) is 39.6 Å². The molecule has 30 atom stereocenters. The van der Waals surface area contributed by atoms with Gasteiger partial charge in [0, 0.05) is 0 Å². The fourth-order valence-corrected chi connectivity index (χ4v) is 8.93. The molecule has 22 rings (SSSR count). The minimum absolute atomic E-state index is 0.999. The first-order valence-corrected chi connectivity index (χ1v) is 21.1. The van der Waals surface area contributed by atoms with Gasteiger partial charge >= 0.3 is 0 Å². The second-order valence-electron chi connectivity index (χ2n) is 16.8. The monoisotopic (exact) mass is 972 g/mol. The van der Waals surface area contributed by atoms with E-state index in [4.69, 9.17) is 56.8 Å². The number of ether oxygens (including phenoxy) is 12. The fraction of sp³-hybridized carbons (Fsp3) is 1.00. The highest BCUT2D eigenvalue weighted by molar-refractivity contribution is 5.01. The molecule has 0 amide bonds. The number of rotatable bonds is 6. The topological polar surface area (TPSA) is 475 Å². The van der Waals surface area contributed by atoms with Crippen molar-refractivity contribution in [2.75, 3.05) is 39.6 Å². The summed E-state index contributed by atoms with van der Waals surface area (Å²) in [5, 5.41) is 196. The van der Waals surface area contributed by atoms with Crippen LogP contribution in [0.3, 0.4) is 0 Å². The lowest BCUT2D eigenvalue weighted by atomic mass is 9.94. The van der Waals surface area contributed by atoms with Crippen LogP contribution in [0.4, 0.5) is 0 Å². The molecule has 30 nitrogen and oxygen atoms in total. The van der Waals surface area contributed by atoms with Crippen LogP contribution in [0.15, 0.2) is 0 Å². The van der Waals surface area contributed by atoms with Crippen LogP contribution in [0.1, 0.15) is 0 Å². The lowest BCUT2D eigenvalue weighted by Crippen LogP contribution is -2.69. The molecule has 22 saturated heterocycles. The van der Waals surface area contributed by atoms with Gasteiger partial charge in [0.2, 0.25) is 0 Å². The van der Waals surface area contributed by atoms with Crippen LogP contribution in [0, 0.1) is 0 Å². The third kappa shape index (κ3) is 10.0. The molecule has 0 aliphatic carbocycles. The van der Waals surface area contributed by atoms with Gasteiger partial charge in [-0.1, -0.05) is 0 Å². The van der Waals surface area contributed by atoms with E-state index in [1.165, 1.54) is 0 Å². The largest absolute Gasteiger partial charge is 0.394 e. The second kappa shape index (κ2) is 22.1. The van der Waals surface area contributed by atoms with Crippen LogP contribution in [0.25, 0.3) is 0 Å². The number of aliphatic hydroxyl groups is 18.